The number of imide groups is 2. The minimum absolute atomic E-state index is 0.213. The Bertz CT molecular complexity index is 2440. The SMILES string of the molecule is CS(=O)(=O)O.O=C1CC[C@H](N2Cc3c(OCc4ccc(CC5CCN(Cc6ccc(COc7cccc8c7CN([C@H]7CCC(=O)NC7=O)C8=O)cc6)CC5)cc4)cccc3C2=O)C(=O)N1. The second-order valence-electron chi connectivity index (χ2n) is 17.2. The van der Waals surface area contributed by atoms with E-state index in [0.29, 0.717) is 60.9 Å². The molecule has 65 heavy (non-hydrogen) atoms. The van der Waals surface area contributed by atoms with Crippen molar-refractivity contribution in [2.24, 2.45) is 5.92 Å². The van der Waals surface area contributed by atoms with E-state index in [2.05, 4.69) is 64.1 Å². The lowest BCUT2D eigenvalue weighted by atomic mass is 9.90. The van der Waals surface area contributed by atoms with Crippen LogP contribution < -0.4 is 20.1 Å². The summed E-state index contributed by atoms with van der Waals surface area (Å²) in [5, 5.41) is 4.70. The van der Waals surface area contributed by atoms with Crippen LogP contribution in [0.15, 0.2) is 84.9 Å². The van der Waals surface area contributed by atoms with Gasteiger partial charge in [-0.05, 0) is 97.6 Å². The van der Waals surface area contributed by atoms with Crippen LogP contribution in [0, 0.1) is 5.92 Å². The third-order valence-electron chi connectivity index (χ3n) is 12.6. The molecule has 5 aliphatic rings. The zero-order chi connectivity index (χ0) is 45.8. The molecule has 0 unspecified atom stereocenters. The molecule has 3 fully saturated rings. The molecule has 17 heteroatoms. The van der Waals surface area contributed by atoms with E-state index in [0.717, 1.165) is 61.2 Å². The fourth-order valence-electron chi connectivity index (χ4n) is 9.16. The van der Waals surface area contributed by atoms with E-state index >= 15 is 0 Å². The molecule has 0 saturated carbocycles. The van der Waals surface area contributed by atoms with Gasteiger partial charge in [-0.2, -0.15) is 8.42 Å². The summed E-state index contributed by atoms with van der Waals surface area (Å²) < 4.78 is 38.3. The van der Waals surface area contributed by atoms with Crippen molar-refractivity contribution in [1.82, 2.24) is 25.3 Å². The lowest BCUT2D eigenvalue weighted by Crippen LogP contribution is -2.52. The van der Waals surface area contributed by atoms with Crippen molar-refractivity contribution in [3.05, 3.63) is 129 Å². The van der Waals surface area contributed by atoms with E-state index in [1.165, 1.54) is 11.1 Å². The Labute approximate surface area is 377 Å². The molecular weight excluding hydrogens is 855 g/mol. The van der Waals surface area contributed by atoms with Gasteiger partial charge in [0.2, 0.25) is 23.6 Å². The highest BCUT2D eigenvalue weighted by atomic mass is 32.2. The average Bonchev–Trinajstić information content (AvgIpc) is 3.79. The maximum absolute atomic E-state index is 13.2. The lowest BCUT2D eigenvalue weighted by Gasteiger charge is -2.32. The number of nitrogens with zero attached hydrogens (tertiary/aromatic N) is 3. The molecule has 5 aliphatic heterocycles. The smallest absolute Gasteiger partial charge is 0.261 e. The highest BCUT2D eigenvalue weighted by Gasteiger charge is 2.41. The first-order valence-electron chi connectivity index (χ1n) is 21.8. The van der Waals surface area contributed by atoms with Gasteiger partial charge in [0.05, 0.1) is 19.3 Å². The van der Waals surface area contributed by atoms with E-state index in [-0.39, 0.29) is 49.6 Å². The van der Waals surface area contributed by atoms with Gasteiger partial charge < -0.3 is 19.3 Å². The van der Waals surface area contributed by atoms with Crippen molar-refractivity contribution in [1.29, 1.82) is 0 Å². The first kappa shape index (κ1) is 45.1. The van der Waals surface area contributed by atoms with Gasteiger partial charge in [-0.25, -0.2) is 0 Å². The second kappa shape index (κ2) is 19.4. The fraction of sp³-hybridized carbons (Fsp3) is 0.375. The highest BCUT2D eigenvalue weighted by molar-refractivity contribution is 7.85. The van der Waals surface area contributed by atoms with E-state index in [1.807, 2.05) is 12.1 Å². The summed E-state index contributed by atoms with van der Waals surface area (Å²) in [7, 11) is -3.67. The third-order valence-corrected chi connectivity index (χ3v) is 12.6. The van der Waals surface area contributed by atoms with E-state index < -0.39 is 34.0 Å². The average molecular weight is 906 g/mol. The van der Waals surface area contributed by atoms with Gasteiger partial charge in [0.15, 0.2) is 0 Å². The molecule has 0 aromatic heterocycles. The number of carbonyl (C=O) groups excluding carboxylic acids is 6. The van der Waals surface area contributed by atoms with Crippen molar-refractivity contribution in [3.8, 4) is 11.5 Å². The van der Waals surface area contributed by atoms with Gasteiger partial charge in [-0.1, -0.05) is 60.7 Å². The predicted octanol–water partition coefficient (Wildman–Crippen LogP) is 4.33. The Morgan fingerprint density at radius 1 is 0.600 bits per heavy atom. The fourth-order valence-corrected chi connectivity index (χ4v) is 9.16. The summed E-state index contributed by atoms with van der Waals surface area (Å²) in [6, 6.07) is 26.6. The molecule has 6 amide bonds. The van der Waals surface area contributed by atoms with E-state index in [9.17, 15) is 37.2 Å². The number of carbonyl (C=O) groups is 6. The Hall–Kier alpha value is -6.43. The summed E-state index contributed by atoms with van der Waals surface area (Å²) in [5.74, 6) is -0.0210. The maximum Gasteiger partial charge on any atom is 0.261 e. The van der Waals surface area contributed by atoms with Crippen molar-refractivity contribution < 1.29 is 51.2 Å². The van der Waals surface area contributed by atoms with Crippen LogP contribution in [0.5, 0.6) is 11.5 Å². The molecule has 5 heterocycles. The molecule has 3 saturated heterocycles. The Morgan fingerprint density at radius 3 is 1.45 bits per heavy atom. The van der Waals surface area contributed by atoms with Crippen LogP contribution in [0.25, 0.3) is 0 Å². The predicted molar refractivity (Wildman–Crippen MR) is 236 cm³/mol. The Balaban J connectivity index is 0.00000109. The van der Waals surface area contributed by atoms with Crippen LogP contribution >= 0.6 is 0 Å². The highest BCUT2D eigenvalue weighted by Crippen LogP contribution is 2.36. The number of rotatable bonds is 12. The third kappa shape index (κ3) is 10.9. The van der Waals surface area contributed by atoms with Crippen LogP contribution in [0.3, 0.4) is 0 Å². The minimum Gasteiger partial charge on any atom is -0.489 e. The standard InChI is InChI=1S/C47H47N5O8.CH4O3S/c53-42-17-15-38(44(55)48-42)51-25-36-34(46(51)57)3-1-5-40(36)59-27-32-11-7-29(8-12-32)23-30-19-21-50(22-20-30)24-31-9-13-33(14-10-31)28-60-41-6-2-4-35-37(41)26-52(47(35)58)39-16-18-43(54)49-45(39)56;1-5(2,3)4/h1-14,30,38-39H,15-28H2,(H,48,53,55)(H,49,54,56);1H3,(H,2,3,4)/t38-,39-;/m0./s1. The zero-order valence-electron chi connectivity index (χ0n) is 36.0. The second-order valence-corrected chi connectivity index (χ2v) is 18.7. The molecule has 0 aliphatic carbocycles. The molecule has 2 atom stereocenters. The quantitative estimate of drug-likeness (QED) is 0.134. The van der Waals surface area contributed by atoms with E-state index in [1.54, 1.807) is 34.1 Å². The van der Waals surface area contributed by atoms with Crippen LogP contribution in [0.4, 0.5) is 0 Å². The van der Waals surface area contributed by atoms with Crippen LogP contribution in [-0.2, 0) is 68.6 Å². The number of hydrogen-bond acceptors (Lipinski definition) is 11. The number of ether oxygens (including phenoxy) is 2. The first-order chi connectivity index (χ1) is 31.2. The number of nitrogens with one attached hydrogen (secondary N) is 2. The molecule has 3 N–H and O–H groups in total. The lowest BCUT2D eigenvalue weighted by molar-refractivity contribution is -0.138. The molecule has 0 radical (unpaired) electrons. The van der Waals surface area contributed by atoms with E-state index in [4.69, 9.17) is 14.0 Å². The molecule has 340 valence electrons. The number of benzene rings is 4. The molecule has 4 aromatic rings. The van der Waals surface area contributed by atoms with Crippen LogP contribution in [0.1, 0.15) is 92.6 Å². The number of piperidine rings is 3. The summed E-state index contributed by atoms with van der Waals surface area (Å²) in [6.45, 7) is 4.23. The normalized spacial score (nSPS) is 20.2. The van der Waals surface area contributed by atoms with Gasteiger partial charge in [0.1, 0.15) is 36.8 Å². The summed E-state index contributed by atoms with van der Waals surface area (Å²) in [5.41, 5.74) is 7.23. The molecule has 9 rings (SSSR count). The molecular formula is C48H51N5O11S. The Morgan fingerprint density at radius 2 is 1.02 bits per heavy atom. The summed E-state index contributed by atoms with van der Waals surface area (Å²) in [4.78, 5) is 80.2. The maximum atomic E-state index is 13.2. The van der Waals surface area contributed by atoms with Crippen LogP contribution in [-0.4, -0.2) is 94.5 Å². The molecule has 4 aromatic carbocycles. The Kier molecular flexibility index (Phi) is 13.4. The van der Waals surface area contributed by atoms with Gasteiger partial charge in [0, 0.05) is 41.6 Å². The largest absolute Gasteiger partial charge is 0.489 e. The number of hydrogen-bond donors (Lipinski definition) is 3. The minimum atomic E-state index is -3.67. The number of amides is 6. The zero-order valence-corrected chi connectivity index (χ0v) is 36.8. The topological polar surface area (TPSA) is 209 Å². The summed E-state index contributed by atoms with van der Waals surface area (Å²) in [6.07, 6.45) is 5.09. The van der Waals surface area contributed by atoms with Gasteiger partial charge in [0.25, 0.3) is 21.9 Å². The monoisotopic (exact) mass is 905 g/mol. The van der Waals surface area contributed by atoms with Crippen molar-refractivity contribution >= 4 is 45.6 Å². The number of likely N-dealkylation sites (tertiary alicyclic amines) is 1. The van der Waals surface area contributed by atoms with Crippen molar-refractivity contribution in [2.75, 3.05) is 19.3 Å². The van der Waals surface area contributed by atoms with Gasteiger partial charge >= 0.3 is 0 Å². The van der Waals surface area contributed by atoms with Gasteiger partial charge in [-0.15, -0.1) is 0 Å². The van der Waals surface area contributed by atoms with Crippen molar-refractivity contribution in [2.45, 2.75) is 89.9 Å². The molecule has 0 bridgehead atoms. The first-order valence-corrected chi connectivity index (χ1v) is 23.6. The molecule has 0 spiro atoms. The summed E-state index contributed by atoms with van der Waals surface area (Å²) >= 11 is 0. The number of fused-ring (bicyclic) bond motifs is 2. The van der Waals surface area contributed by atoms with Crippen LogP contribution in [0.2, 0.25) is 0 Å². The van der Waals surface area contributed by atoms with Crippen molar-refractivity contribution in [3.63, 3.8) is 0 Å². The molecule has 16 nitrogen and oxygen atoms in total. The van der Waals surface area contributed by atoms with Gasteiger partial charge in [-0.3, -0.25) is 48.9 Å².